The molecular weight excluding hydrogens is 240 g/mol. The Morgan fingerprint density at radius 1 is 1.26 bits per heavy atom. The van der Waals surface area contributed by atoms with E-state index in [0.29, 0.717) is 6.04 Å². The molecule has 0 aliphatic carbocycles. The van der Waals surface area contributed by atoms with Crippen LogP contribution in [0.25, 0.3) is 0 Å². The molecule has 1 aromatic carbocycles. The van der Waals surface area contributed by atoms with Crippen LogP contribution in [-0.4, -0.2) is 51.9 Å². The second-order valence-electron chi connectivity index (χ2n) is 4.64. The number of ether oxygens (including phenoxy) is 2. The molecule has 0 radical (unpaired) electrons. The summed E-state index contributed by atoms with van der Waals surface area (Å²) in [4.78, 5) is 2.30. The Bertz CT molecular complexity index is 358. The van der Waals surface area contributed by atoms with Gasteiger partial charge in [-0.15, -0.1) is 0 Å². The molecule has 0 saturated heterocycles. The highest BCUT2D eigenvalue weighted by Crippen LogP contribution is 2.19. The second-order valence-corrected chi connectivity index (χ2v) is 4.64. The minimum absolute atomic E-state index is 0.356. The van der Waals surface area contributed by atoms with Crippen LogP contribution in [-0.2, 0) is 11.3 Å². The van der Waals surface area contributed by atoms with Crippen molar-refractivity contribution in [3.63, 3.8) is 0 Å². The first-order valence-electron chi connectivity index (χ1n) is 6.74. The van der Waals surface area contributed by atoms with Crippen LogP contribution in [0.5, 0.6) is 5.75 Å². The summed E-state index contributed by atoms with van der Waals surface area (Å²) in [5.41, 5.74) is 1.20. The van der Waals surface area contributed by atoms with E-state index in [4.69, 9.17) is 9.47 Å². The Hall–Kier alpha value is -1.10. The van der Waals surface area contributed by atoms with Gasteiger partial charge in [0.25, 0.3) is 0 Å². The van der Waals surface area contributed by atoms with Crippen LogP contribution < -0.4 is 10.1 Å². The zero-order valence-corrected chi connectivity index (χ0v) is 12.5. The van der Waals surface area contributed by atoms with E-state index in [1.807, 2.05) is 18.2 Å². The van der Waals surface area contributed by atoms with Crippen LogP contribution in [0.4, 0.5) is 0 Å². The highest BCUT2D eigenvalue weighted by molar-refractivity contribution is 5.33. The Morgan fingerprint density at radius 3 is 2.63 bits per heavy atom. The van der Waals surface area contributed by atoms with Gasteiger partial charge < -0.3 is 14.8 Å². The lowest BCUT2D eigenvalue weighted by Crippen LogP contribution is -2.42. The SMILES string of the molecule is CCNCC(COC)N(C)Cc1ccccc1OC. The van der Waals surface area contributed by atoms with Gasteiger partial charge in [0.1, 0.15) is 5.75 Å². The zero-order valence-electron chi connectivity index (χ0n) is 12.5. The molecule has 0 aliphatic rings. The standard InChI is InChI=1S/C15H26N2O2/c1-5-16-10-14(12-18-3)17(2)11-13-8-6-7-9-15(13)19-4/h6-9,14,16H,5,10-12H2,1-4H3. The lowest BCUT2D eigenvalue weighted by Gasteiger charge is -2.28. The molecule has 0 spiro atoms. The van der Waals surface area contributed by atoms with E-state index in [1.165, 1.54) is 5.56 Å². The Kier molecular flexibility index (Phi) is 7.48. The van der Waals surface area contributed by atoms with E-state index in [-0.39, 0.29) is 0 Å². The lowest BCUT2D eigenvalue weighted by atomic mass is 10.1. The van der Waals surface area contributed by atoms with Gasteiger partial charge in [-0.2, -0.15) is 0 Å². The fourth-order valence-corrected chi connectivity index (χ4v) is 2.08. The number of hydrogen-bond acceptors (Lipinski definition) is 4. The molecule has 19 heavy (non-hydrogen) atoms. The summed E-state index contributed by atoms with van der Waals surface area (Å²) in [7, 11) is 5.58. The number of para-hydroxylation sites is 1. The number of methoxy groups -OCH3 is 2. The van der Waals surface area contributed by atoms with E-state index >= 15 is 0 Å². The highest BCUT2D eigenvalue weighted by atomic mass is 16.5. The molecule has 4 heteroatoms. The molecule has 1 aromatic rings. The predicted molar refractivity (Wildman–Crippen MR) is 78.7 cm³/mol. The molecule has 0 bridgehead atoms. The molecule has 0 fully saturated rings. The van der Waals surface area contributed by atoms with Gasteiger partial charge >= 0.3 is 0 Å². The predicted octanol–water partition coefficient (Wildman–Crippen LogP) is 1.75. The van der Waals surface area contributed by atoms with Gasteiger partial charge in [-0.05, 0) is 19.7 Å². The van der Waals surface area contributed by atoms with E-state index in [0.717, 1.165) is 32.0 Å². The number of nitrogens with one attached hydrogen (secondary N) is 1. The van der Waals surface area contributed by atoms with Gasteiger partial charge in [-0.25, -0.2) is 0 Å². The summed E-state index contributed by atoms with van der Waals surface area (Å²) in [6.07, 6.45) is 0. The molecular formula is C15H26N2O2. The number of hydrogen-bond donors (Lipinski definition) is 1. The zero-order chi connectivity index (χ0) is 14.1. The fourth-order valence-electron chi connectivity index (χ4n) is 2.08. The maximum atomic E-state index is 5.39. The second kappa shape index (κ2) is 8.91. The minimum Gasteiger partial charge on any atom is -0.496 e. The van der Waals surface area contributed by atoms with Crippen molar-refractivity contribution in [3.05, 3.63) is 29.8 Å². The van der Waals surface area contributed by atoms with Crippen LogP contribution in [0.1, 0.15) is 12.5 Å². The van der Waals surface area contributed by atoms with Crippen molar-refractivity contribution < 1.29 is 9.47 Å². The Labute approximate surface area is 116 Å². The van der Waals surface area contributed by atoms with E-state index < -0.39 is 0 Å². The molecule has 108 valence electrons. The fraction of sp³-hybridized carbons (Fsp3) is 0.600. The van der Waals surface area contributed by atoms with Crippen molar-refractivity contribution in [2.45, 2.75) is 19.5 Å². The molecule has 1 atom stereocenters. The third-order valence-electron chi connectivity index (χ3n) is 3.22. The monoisotopic (exact) mass is 266 g/mol. The molecule has 0 aromatic heterocycles. The van der Waals surface area contributed by atoms with Gasteiger partial charge in [-0.1, -0.05) is 25.1 Å². The summed E-state index contributed by atoms with van der Waals surface area (Å²) in [6, 6.07) is 8.50. The van der Waals surface area contributed by atoms with Crippen LogP contribution in [0.3, 0.4) is 0 Å². The molecule has 0 heterocycles. The van der Waals surface area contributed by atoms with Crippen LogP contribution in [0.15, 0.2) is 24.3 Å². The average Bonchev–Trinajstić information content (AvgIpc) is 2.44. The lowest BCUT2D eigenvalue weighted by molar-refractivity contribution is 0.101. The van der Waals surface area contributed by atoms with E-state index in [2.05, 4.69) is 30.3 Å². The third-order valence-corrected chi connectivity index (χ3v) is 3.22. The molecule has 1 unspecified atom stereocenters. The maximum absolute atomic E-state index is 5.39. The summed E-state index contributed by atoms with van der Waals surface area (Å²) in [5.74, 6) is 0.939. The van der Waals surface area contributed by atoms with Crippen molar-refractivity contribution in [2.75, 3.05) is 41.0 Å². The maximum Gasteiger partial charge on any atom is 0.123 e. The van der Waals surface area contributed by atoms with Gasteiger partial charge in [0.2, 0.25) is 0 Å². The molecule has 0 saturated carbocycles. The Morgan fingerprint density at radius 2 is 2.00 bits per heavy atom. The third kappa shape index (κ3) is 5.19. The van der Waals surface area contributed by atoms with Gasteiger partial charge in [-0.3, -0.25) is 4.90 Å². The normalized spacial score (nSPS) is 12.7. The molecule has 0 amide bonds. The number of benzene rings is 1. The van der Waals surface area contributed by atoms with Crippen molar-refractivity contribution in [2.24, 2.45) is 0 Å². The smallest absolute Gasteiger partial charge is 0.123 e. The quantitative estimate of drug-likeness (QED) is 0.738. The number of rotatable bonds is 9. The first kappa shape index (κ1) is 16.0. The van der Waals surface area contributed by atoms with E-state index in [9.17, 15) is 0 Å². The summed E-state index contributed by atoms with van der Waals surface area (Å²) >= 11 is 0. The van der Waals surface area contributed by atoms with Crippen LogP contribution in [0, 0.1) is 0 Å². The first-order chi connectivity index (χ1) is 9.22. The average molecular weight is 266 g/mol. The largest absolute Gasteiger partial charge is 0.496 e. The topological polar surface area (TPSA) is 33.7 Å². The van der Waals surface area contributed by atoms with Crippen molar-refractivity contribution in [1.82, 2.24) is 10.2 Å². The van der Waals surface area contributed by atoms with Crippen molar-refractivity contribution in [3.8, 4) is 5.75 Å². The van der Waals surface area contributed by atoms with Crippen LogP contribution in [0.2, 0.25) is 0 Å². The summed E-state index contributed by atoms with van der Waals surface area (Å²) in [5, 5.41) is 3.38. The van der Waals surface area contributed by atoms with Crippen molar-refractivity contribution >= 4 is 0 Å². The summed E-state index contributed by atoms with van der Waals surface area (Å²) in [6.45, 7) is 5.59. The van der Waals surface area contributed by atoms with Gasteiger partial charge in [0, 0.05) is 31.8 Å². The number of likely N-dealkylation sites (N-methyl/N-ethyl adjacent to an activating group) is 2. The first-order valence-corrected chi connectivity index (χ1v) is 6.74. The Balaban J connectivity index is 2.66. The summed E-state index contributed by atoms with van der Waals surface area (Å²) < 4.78 is 10.7. The minimum atomic E-state index is 0.356. The van der Waals surface area contributed by atoms with E-state index in [1.54, 1.807) is 14.2 Å². The van der Waals surface area contributed by atoms with Crippen LogP contribution >= 0.6 is 0 Å². The number of nitrogens with zero attached hydrogens (tertiary/aromatic N) is 1. The molecule has 1 rings (SSSR count). The van der Waals surface area contributed by atoms with Crippen molar-refractivity contribution in [1.29, 1.82) is 0 Å². The van der Waals surface area contributed by atoms with Gasteiger partial charge in [0.05, 0.1) is 13.7 Å². The molecule has 4 nitrogen and oxygen atoms in total. The molecule has 1 N–H and O–H groups in total. The highest BCUT2D eigenvalue weighted by Gasteiger charge is 2.15. The van der Waals surface area contributed by atoms with Gasteiger partial charge in [0.15, 0.2) is 0 Å². The molecule has 0 aliphatic heterocycles.